The maximum Gasteiger partial charge on any atom is 0.232 e. The third-order valence-electron chi connectivity index (χ3n) is 4.80. The molecule has 2 aromatic carbocycles. The molecule has 0 fully saturated rings. The summed E-state index contributed by atoms with van der Waals surface area (Å²) in [5.74, 6) is 1.32. The average molecular weight is 492 g/mol. The number of rotatable bonds is 10. The van der Waals surface area contributed by atoms with Crippen LogP contribution in [0, 0.1) is 4.77 Å². The van der Waals surface area contributed by atoms with Crippen LogP contribution in [0.1, 0.15) is 13.3 Å². The second-order valence-electron chi connectivity index (χ2n) is 6.95. The van der Waals surface area contributed by atoms with Crippen molar-refractivity contribution in [1.29, 1.82) is 0 Å². The minimum atomic E-state index is -3.46. The lowest BCUT2D eigenvalue weighted by atomic mass is 10.2. The first-order valence-corrected chi connectivity index (χ1v) is 12.1. The maximum absolute atomic E-state index is 12.6. The number of aromatic nitrogens is 3. The number of carbonyl (C=O) groups is 1. The standard InChI is InChI=1S/C21H25N5O5S2/c1-4-33(28,29)25-17-10-7-15(13-18(17)31-3)22-19(27)11-12-26-20(23-24-21(26)32)14-5-8-16(30-2)9-6-14/h5-10,13,25H,4,11-12H2,1-3H3,(H,22,27)(H,24,32). The Morgan fingerprint density at radius 3 is 2.52 bits per heavy atom. The average Bonchev–Trinajstić information content (AvgIpc) is 3.18. The zero-order valence-corrected chi connectivity index (χ0v) is 20.0. The molecule has 0 atom stereocenters. The van der Waals surface area contributed by atoms with Gasteiger partial charge in [0, 0.05) is 30.3 Å². The van der Waals surface area contributed by atoms with Gasteiger partial charge in [0.2, 0.25) is 15.9 Å². The van der Waals surface area contributed by atoms with E-state index in [0.29, 0.717) is 34.3 Å². The lowest BCUT2D eigenvalue weighted by Crippen LogP contribution is -2.16. The summed E-state index contributed by atoms with van der Waals surface area (Å²) in [6.45, 7) is 1.85. The molecule has 1 heterocycles. The molecule has 0 aliphatic rings. The van der Waals surface area contributed by atoms with E-state index in [-0.39, 0.29) is 18.1 Å². The summed E-state index contributed by atoms with van der Waals surface area (Å²) >= 11 is 5.32. The molecule has 0 bridgehead atoms. The number of amides is 1. The van der Waals surface area contributed by atoms with Gasteiger partial charge in [0.05, 0.1) is 25.7 Å². The van der Waals surface area contributed by atoms with Crippen LogP contribution in [0.4, 0.5) is 11.4 Å². The first-order valence-electron chi connectivity index (χ1n) is 10.0. The van der Waals surface area contributed by atoms with Gasteiger partial charge in [-0.05, 0) is 55.5 Å². The highest BCUT2D eigenvalue weighted by molar-refractivity contribution is 7.92. The summed E-state index contributed by atoms with van der Waals surface area (Å²) < 4.78 is 38.7. The Morgan fingerprint density at radius 2 is 1.88 bits per heavy atom. The van der Waals surface area contributed by atoms with Crippen LogP contribution < -0.4 is 19.5 Å². The van der Waals surface area contributed by atoms with Gasteiger partial charge in [-0.15, -0.1) is 0 Å². The number of anilines is 2. The van der Waals surface area contributed by atoms with E-state index in [2.05, 4.69) is 20.2 Å². The van der Waals surface area contributed by atoms with E-state index in [4.69, 9.17) is 21.7 Å². The van der Waals surface area contributed by atoms with Crippen LogP contribution >= 0.6 is 12.2 Å². The zero-order chi connectivity index (χ0) is 24.0. The molecule has 3 aromatic rings. The van der Waals surface area contributed by atoms with Crippen LogP contribution in [-0.2, 0) is 21.4 Å². The number of H-pyrrole nitrogens is 1. The summed E-state index contributed by atoms with van der Waals surface area (Å²) in [7, 11) is -0.439. The minimum absolute atomic E-state index is 0.0658. The van der Waals surface area contributed by atoms with E-state index < -0.39 is 10.0 Å². The fourth-order valence-corrected chi connectivity index (χ4v) is 3.89. The first-order chi connectivity index (χ1) is 15.8. The predicted octanol–water partition coefficient (Wildman–Crippen LogP) is 3.42. The van der Waals surface area contributed by atoms with Crippen molar-refractivity contribution in [3.63, 3.8) is 0 Å². The number of benzene rings is 2. The normalized spacial score (nSPS) is 11.1. The number of aromatic amines is 1. The van der Waals surface area contributed by atoms with E-state index in [1.54, 1.807) is 23.8 Å². The van der Waals surface area contributed by atoms with Gasteiger partial charge in [0.25, 0.3) is 0 Å². The second kappa shape index (κ2) is 10.5. The van der Waals surface area contributed by atoms with Crippen molar-refractivity contribution in [2.24, 2.45) is 0 Å². The number of ether oxygens (including phenoxy) is 2. The highest BCUT2D eigenvalue weighted by Gasteiger charge is 2.14. The molecule has 0 unspecified atom stereocenters. The molecule has 176 valence electrons. The summed E-state index contributed by atoms with van der Waals surface area (Å²) in [5.41, 5.74) is 1.60. The number of carbonyl (C=O) groups excluding carboxylic acids is 1. The van der Waals surface area contributed by atoms with Crippen molar-refractivity contribution in [2.75, 3.05) is 30.0 Å². The number of nitrogens with one attached hydrogen (secondary N) is 3. The molecule has 0 saturated carbocycles. The second-order valence-corrected chi connectivity index (χ2v) is 9.35. The molecular weight excluding hydrogens is 466 g/mol. The Bertz CT molecular complexity index is 1280. The van der Waals surface area contributed by atoms with Gasteiger partial charge in [-0.1, -0.05) is 0 Å². The molecule has 0 radical (unpaired) electrons. The van der Waals surface area contributed by atoms with Gasteiger partial charge in [0.1, 0.15) is 11.5 Å². The van der Waals surface area contributed by atoms with E-state index in [0.717, 1.165) is 11.3 Å². The van der Waals surface area contributed by atoms with Gasteiger partial charge in [-0.3, -0.25) is 19.2 Å². The molecular formula is C21H25N5O5S2. The number of methoxy groups -OCH3 is 2. The topological polar surface area (TPSA) is 127 Å². The molecule has 1 aromatic heterocycles. The van der Waals surface area contributed by atoms with E-state index in [9.17, 15) is 13.2 Å². The Morgan fingerprint density at radius 1 is 1.15 bits per heavy atom. The fourth-order valence-electron chi connectivity index (χ4n) is 3.02. The van der Waals surface area contributed by atoms with Gasteiger partial charge in [0.15, 0.2) is 10.6 Å². The quantitative estimate of drug-likeness (QED) is 0.371. The lowest BCUT2D eigenvalue weighted by molar-refractivity contribution is -0.116. The third kappa shape index (κ3) is 6.11. The van der Waals surface area contributed by atoms with Gasteiger partial charge in [-0.2, -0.15) is 5.10 Å². The molecule has 3 N–H and O–H groups in total. The number of hydrogen-bond acceptors (Lipinski definition) is 7. The monoisotopic (exact) mass is 491 g/mol. The molecule has 33 heavy (non-hydrogen) atoms. The number of nitrogens with zero attached hydrogens (tertiary/aromatic N) is 2. The molecule has 10 nitrogen and oxygen atoms in total. The molecule has 1 amide bonds. The Labute approximate surface area is 197 Å². The molecule has 0 spiro atoms. The van der Waals surface area contributed by atoms with Gasteiger partial charge < -0.3 is 14.8 Å². The van der Waals surface area contributed by atoms with Crippen molar-refractivity contribution < 1.29 is 22.7 Å². The van der Waals surface area contributed by atoms with Crippen molar-refractivity contribution in [1.82, 2.24) is 14.8 Å². The number of sulfonamides is 1. The van der Waals surface area contributed by atoms with Crippen molar-refractivity contribution in [2.45, 2.75) is 19.9 Å². The first kappa shape index (κ1) is 24.3. The Kier molecular flexibility index (Phi) is 7.71. The highest BCUT2D eigenvalue weighted by atomic mass is 32.2. The van der Waals surface area contributed by atoms with Crippen LogP contribution in [0.5, 0.6) is 11.5 Å². The summed E-state index contributed by atoms with van der Waals surface area (Å²) in [6.07, 6.45) is 0.142. The van der Waals surface area contributed by atoms with Gasteiger partial charge >= 0.3 is 0 Å². The summed E-state index contributed by atoms with van der Waals surface area (Å²) in [6, 6.07) is 12.1. The van der Waals surface area contributed by atoms with Crippen LogP contribution in [0.25, 0.3) is 11.4 Å². The summed E-state index contributed by atoms with van der Waals surface area (Å²) in [4.78, 5) is 12.6. The van der Waals surface area contributed by atoms with Crippen molar-refractivity contribution in [3.05, 3.63) is 47.2 Å². The van der Waals surface area contributed by atoms with E-state index in [1.807, 2.05) is 24.3 Å². The summed E-state index contributed by atoms with van der Waals surface area (Å²) in [5, 5.41) is 9.82. The number of hydrogen-bond donors (Lipinski definition) is 3. The van der Waals surface area contributed by atoms with Crippen molar-refractivity contribution >= 4 is 39.5 Å². The third-order valence-corrected chi connectivity index (χ3v) is 6.40. The Balaban J connectivity index is 1.69. The molecule has 0 saturated heterocycles. The van der Waals surface area contributed by atoms with Crippen LogP contribution in [-0.4, -0.2) is 49.1 Å². The maximum atomic E-state index is 12.6. The van der Waals surface area contributed by atoms with E-state index in [1.165, 1.54) is 20.1 Å². The Hall–Kier alpha value is -3.38. The molecule has 3 rings (SSSR count). The minimum Gasteiger partial charge on any atom is -0.497 e. The molecule has 0 aliphatic carbocycles. The molecule has 12 heteroatoms. The molecule has 0 aliphatic heterocycles. The largest absolute Gasteiger partial charge is 0.497 e. The highest BCUT2D eigenvalue weighted by Crippen LogP contribution is 2.29. The smallest absolute Gasteiger partial charge is 0.232 e. The predicted molar refractivity (Wildman–Crippen MR) is 129 cm³/mol. The SMILES string of the molecule is CCS(=O)(=O)Nc1ccc(NC(=O)CCn2c(-c3ccc(OC)cc3)n[nH]c2=S)cc1OC. The lowest BCUT2D eigenvalue weighted by Gasteiger charge is -2.13. The van der Waals surface area contributed by atoms with Crippen LogP contribution in [0.2, 0.25) is 0 Å². The van der Waals surface area contributed by atoms with Gasteiger partial charge in [-0.25, -0.2) is 8.42 Å². The van der Waals surface area contributed by atoms with E-state index >= 15 is 0 Å². The van der Waals surface area contributed by atoms with Crippen LogP contribution in [0.3, 0.4) is 0 Å². The fraction of sp³-hybridized carbons (Fsp3) is 0.286. The van der Waals surface area contributed by atoms with Crippen molar-refractivity contribution in [3.8, 4) is 22.9 Å². The zero-order valence-electron chi connectivity index (χ0n) is 18.4. The van der Waals surface area contributed by atoms with Crippen LogP contribution in [0.15, 0.2) is 42.5 Å².